The molecule has 0 bridgehead atoms. The van der Waals surface area contributed by atoms with E-state index in [-0.39, 0.29) is 37.0 Å². The molecule has 2 amide bonds. The molecule has 1 aromatic carbocycles. The van der Waals surface area contributed by atoms with Gasteiger partial charge in [0.2, 0.25) is 0 Å². The molecule has 1 aromatic rings. The van der Waals surface area contributed by atoms with Crippen molar-refractivity contribution >= 4 is 40.7 Å². The summed E-state index contributed by atoms with van der Waals surface area (Å²) in [5.41, 5.74) is 0.399. The van der Waals surface area contributed by atoms with E-state index in [2.05, 4.69) is 5.32 Å². The number of hydrogen-bond donors (Lipinski definition) is 2. The highest BCUT2D eigenvalue weighted by atomic mass is 35.5. The van der Waals surface area contributed by atoms with Gasteiger partial charge in [0.15, 0.2) is 13.1 Å². The molecule has 1 unspecified atom stereocenters. The van der Waals surface area contributed by atoms with Crippen molar-refractivity contribution in [2.24, 2.45) is 0 Å². The molecule has 7 heteroatoms. The maximum atomic E-state index is 12.4. The zero-order valence-electron chi connectivity index (χ0n) is 14.8. The van der Waals surface area contributed by atoms with Crippen LogP contribution in [0.3, 0.4) is 0 Å². The summed E-state index contributed by atoms with van der Waals surface area (Å²) in [7, 11) is 1.81. The average molecular weight is 375 g/mol. The van der Waals surface area contributed by atoms with E-state index in [4.69, 9.17) is 23.2 Å². The Bertz CT molecular complexity index is 563. The minimum absolute atomic E-state index is 0.0288. The zero-order valence-corrected chi connectivity index (χ0v) is 16.3. The van der Waals surface area contributed by atoms with Crippen LogP contribution < -0.4 is 10.2 Å². The number of nitrogens with zero attached hydrogens (tertiary/aromatic N) is 1. The molecule has 24 heavy (non-hydrogen) atoms. The first-order valence-electron chi connectivity index (χ1n) is 7.99. The van der Waals surface area contributed by atoms with Gasteiger partial charge in [-0.05, 0) is 39.8 Å². The lowest BCUT2D eigenvalue weighted by Gasteiger charge is -2.31. The summed E-state index contributed by atoms with van der Waals surface area (Å²) in [6.07, 6.45) is 0. The molecule has 0 aliphatic heterocycles. The van der Waals surface area contributed by atoms with Crippen LogP contribution in [0, 0.1) is 0 Å². The van der Waals surface area contributed by atoms with Gasteiger partial charge in [-0.3, -0.25) is 9.59 Å². The quantitative estimate of drug-likeness (QED) is 0.767. The van der Waals surface area contributed by atoms with Crippen LogP contribution >= 0.6 is 23.2 Å². The van der Waals surface area contributed by atoms with Gasteiger partial charge >= 0.3 is 0 Å². The molecule has 0 aromatic heterocycles. The number of anilines is 1. The van der Waals surface area contributed by atoms with Gasteiger partial charge in [-0.1, -0.05) is 29.3 Å². The van der Waals surface area contributed by atoms with E-state index < -0.39 is 0 Å². The van der Waals surface area contributed by atoms with E-state index in [1.165, 1.54) is 0 Å². The normalized spacial score (nSPS) is 12.4. The lowest BCUT2D eigenvalue weighted by Crippen LogP contribution is -3.11. The van der Waals surface area contributed by atoms with E-state index in [0.717, 1.165) is 4.90 Å². The summed E-state index contributed by atoms with van der Waals surface area (Å²) in [6, 6.07) is 5.28. The highest BCUT2D eigenvalue weighted by Crippen LogP contribution is 2.29. The minimum Gasteiger partial charge on any atom is -0.333 e. The van der Waals surface area contributed by atoms with Gasteiger partial charge in [-0.15, -0.1) is 0 Å². The van der Waals surface area contributed by atoms with Crippen LogP contribution in [0.2, 0.25) is 10.0 Å². The number of quaternary nitrogens is 1. The Morgan fingerprint density at radius 2 is 1.58 bits per heavy atom. The van der Waals surface area contributed by atoms with Crippen LogP contribution in [0.4, 0.5) is 5.69 Å². The van der Waals surface area contributed by atoms with Crippen LogP contribution in [0.5, 0.6) is 0 Å². The van der Waals surface area contributed by atoms with Gasteiger partial charge in [0, 0.05) is 12.1 Å². The molecule has 5 nitrogen and oxygen atoms in total. The average Bonchev–Trinajstić information content (AvgIpc) is 2.41. The van der Waals surface area contributed by atoms with Gasteiger partial charge in [0.05, 0.1) is 22.8 Å². The molecular weight excluding hydrogens is 349 g/mol. The van der Waals surface area contributed by atoms with Crippen molar-refractivity contribution in [2.75, 3.05) is 25.5 Å². The second-order valence-electron chi connectivity index (χ2n) is 6.44. The number of likely N-dealkylation sites (N-methyl/N-ethyl adjacent to an activating group) is 1. The van der Waals surface area contributed by atoms with E-state index in [0.29, 0.717) is 15.7 Å². The smallest absolute Gasteiger partial charge is 0.279 e. The van der Waals surface area contributed by atoms with Crippen molar-refractivity contribution in [2.45, 2.75) is 39.8 Å². The number of nitrogens with one attached hydrogen (secondary N) is 2. The Morgan fingerprint density at radius 3 is 2.04 bits per heavy atom. The van der Waals surface area contributed by atoms with Crippen molar-refractivity contribution in [3.05, 3.63) is 28.2 Å². The number of rotatable bonds is 7. The SMILES string of the molecule is CC(C)N(C(=O)C[NH+](C)CC(=O)Nc1c(Cl)cccc1Cl)C(C)C. The van der Waals surface area contributed by atoms with Crippen LogP contribution in [0.25, 0.3) is 0 Å². The molecule has 134 valence electrons. The second-order valence-corrected chi connectivity index (χ2v) is 7.26. The molecule has 2 N–H and O–H groups in total. The molecule has 1 atom stereocenters. The van der Waals surface area contributed by atoms with E-state index in [9.17, 15) is 9.59 Å². The van der Waals surface area contributed by atoms with Gasteiger partial charge < -0.3 is 15.1 Å². The second kappa shape index (κ2) is 9.25. The van der Waals surface area contributed by atoms with Crippen LogP contribution in [0.15, 0.2) is 18.2 Å². The molecule has 0 heterocycles. The molecule has 0 aliphatic carbocycles. The summed E-state index contributed by atoms with van der Waals surface area (Å²) in [5.74, 6) is -0.211. The molecule has 1 rings (SSSR count). The summed E-state index contributed by atoms with van der Waals surface area (Å²) in [4.78, 5) is 27.2. The number of halogens is 2. The fourth-order valence-electron chi connectivity index (χ4n) is 2.66. The number of para-hydroxylation sites is 1. The summed E-state index contributed by atoms with van der Waals surface area (Å²) in [6.45, 7) is 8.34. The molecular formula is C17H26Cl2N3O2+. The highest BCUT2D eigenvalue weighted by molar-refractivity contribution is 6.39. The molecule has 0 radical (unpaired) electrons. The summed E-state index contributed by atoms with van der Waals surface area (Å²) >= 11 is 12.1. The minimum atomic E-state index is -0.240. The highest BCUT2D eigenvalue weighted by Gasteiger charge is 2.24. The van der Waals surface area contributed by atoms with E-state index >= 15 is 0 Å². The first kappa shape index (κ1) is 20.7. The standard InChI is InChI=1S/C17H25Cl2N3O2/c1-11(2)22(12(3)4)16(24)10-21(5)9-15(23)20-17-13(18)7-6-8-14(17)19/h6-8,11-12H,9-10H2,1-5H3,(H,20,23)/p+1. The topological polar surface area (TPSA) is 53.9 Å². The summed E-state index contributed by atoms with van der Waals surface area (Å²) in [5, 5.41) is 3.48. The van der Waals surface area contributed by atoms with E-state index in [1.54, 1.807) is 18.2 Å². The first-order chi connectivity index (χ1) is 11.1. The molecule has 0 saturated heterocycles. The van der Waals surface area contributed by atoms with Gasteiger partial charge in [-0.2, -0.15) is 0 Å². The Labute approximate surface area is 153 Å². The largest absolute Gasteiger partial charge is 0.333 e. The Kier molecular flexibility index (Phi) is 8.00. The summed E-state index contributed by atoms with van der Waals surface area (Å²) < 4.78 is 0. The third-order valence-corrected chi connectivity index (χ3v) is 4.17. The van der Waals surface area contributed by atoms with Crippen molar-refractivity contribution in [3.63, 3.8) is 0 Å². The van der Waals surface area contributed by atoms with Crippen LogP contribution in [0.1, 0.15) is 27.7 Å². The van der Waals surface area contributed by atoms with Crippen molar-refractivity contribution in [1.29, 1.82) is 0 Å². The van der Waals surface area contributed by atoms with E-state index in [1.807, 2.05) is 39.6 Å². The molecule has 0 fully saturated rings. The fourth-order valence-corrected chi connectivity index (χ4v) is 3.15. The Hall–Kier alpha value is -1.30. The van der Waals surface area contributed by atoms with Crippen molar-refractivity contribution in [1.82, 2.24) is 4.90 Å². The third-order valence-electron chi connectivity index (χ3n) is 3.54. The van der Waals surface area contributed by atoms with Crippen molar-refractivity contribution < 1.29 is 14.5 Å². The third kappa shape index (κ3) is 5.96. The van der Waals surface area contributed by atoms with Crippen LogP contribution in [-0.4, -0.2) is 48.9 Å². The van der Waals surface area contributed by atoms with Gasteiger partial charge in [0.1, 0.15) is 0 Å². The number of amides is 2. The number of hydrogen-bond acceptors (Lipinski definition) is 2. The van der Waals surface area contributed by atoms with Crippen molar-refractivity contribution in [3.8, 4) is 0 Å². The monoisotopic (exact) mass is 374 g/mol. The van der Waals surface area contributed by atoms with Crippen LogP contribution in [-0.2, 0) is 9.59 Å². The number of carbonyl (C=O) groups excluding carboxylic acids is 2. The molecule has 0 spiro atoms. The lowest BCUT2D eigenvalue weighted by molar-refractivity contribution is -0.862. The zero-order chi connectivity index (χ0) is 18.4. The first-order valence-corrected chi connectivity index (χ1v) is 8.75. The van der Waals surface area contributed by atoms with Gasteiger partial charge in [0.25, 0.3) is 11.8 Å². The predicted octanol–water partition coefficient (Wildman–Crippen LogP) is 2.09. The van der Waals surface area contributed by atoms with Gasteiger partial charge in [-0.25, -0.2) is 0 Å². The lowest BCUT2D eigenvalue weighted by atomic mass is 10.2. The molecule has 0 aliphatic rings. The molecule has 0 saturated carbocycles. The fraction of sp³-hybridized carbons (Fsp3) is 0.529. The number of benzene rings is 1. The number of carbonyl (C=O) groups is 2. The Morgan fingerprint density at radius 1 is 1.08 bits per heavy atom. The Balaban J connectivity index is 2.63. The maximum Gasteiger partial charge on any atom is 0.279 e. The maximum absolute atomic E-state index is 12.4. The predicted molar refractivity (Wildman–Crippen MR) is 98.8 cm³/mol.